The predicted molar refractivity (Wildman–Crippen MR) is 88.4 cm³/mol. The van der Waals surface area contributed by atoms with Gasteiger partial charge in [0.2, 0.25) is 0 Å². The number of nitrogens with zero attached hydrogens (tertiary/aromatic N) is 1. The molecular formula is C16H13ClN2O5. The Hall–Kier alpha value is -2.80. The number of fused-ring (bicyclic) bond motifs is 1. The van der Waals surface area contributed by atoms with Gasteiger partial charge in [0.1, 0.15) is 18.2 Å². The zero-order valence-electron chi connectivity index (χ0n) is 12.5. The highest BCUT2D eigenvalue weighted by molar-refractivity contribution is 6.32. The van der Waals surface area contributed by atoms with E-state index in [0.29, 0.717) is 36.0 Å². The quantitative estimate of drug-likeness (QED) is 0.506. The van der Waals surface area contributed by atoms with E-state index in [1.165, 1.54) is 12.1 Å². The SMILES string of the molecule is O=C(CNc1ccc(Cl)c([N+](=O)[O-])c1)c1ccc2c(c1)OCCO2. The third kappa shape index (κ3) is 3.41. The number of nitro benzene ring substituents is 1. The van der Waals surface area contributed by atoms with Crippen LogP contribution in [0.15, 0.2) is 36.4 Å². The summed E-state index contributed by atoms with van der Waals surface area (Å²) in [6.07, 6.45) is 0. The van der Waals surface area contributed by atoms with Crippen LogP contribution in [0.25, 0.3) is 0 Å². The molecule has 1 aliphatic rings. The standard InChI is InChI=1S/C16H13ClN2O5/c17-12-3-2-11(8-13(12)19(21)22)18-9-14(20)10-1-4-15-16(7-10)24-6-5-23-15/h1-4,7-8,18H,5-6,9H2. The van der Waals surface area contributed by atoms with Crippen LogP contribution in [0, 0.1) is 10.1 Å². The molecule has 0 radical (unpaired) electrons. The number of carbonyl (C=O) groups excluding carboxylic acids is 1. The molecule has 0 amide bonds. The Morgan fingerprint density at radius 2 is 1.92 bits per heavy atom. The van der Waals surface area contributed by atoms with E-state index in [9.17, 15) is 14.9 Å². The summed E-state index contributed by atoms with van der Waals surface area (Å²) < 4.78 is 10.9. The Kier molecular flexibility index (Phi) is 4.52. The third-order valence-corrected chi connectivity index (χ3v) is 3.78. The lowest BCUT2D eigenvalue weighted by Gasteiger charge is -2.18. The van der Waals surface area contributed by atoms with E-state index in [0.717, 1.165) is 0 Å². The predicted octanol–water partition coefficient (Wildman–Crippen LogP) is 3.31. The van der Waals surface area contributed by atoms with Gasteiger partial charge in [-0.2, -0.15) is 0 Å². The van der Waals surface area contributed by atoms with E-state index in [1.54, 1.807) is 24.3 Å². The minimum absolute atomic E-state index is 0.0154. The lowest BCUT2D eigenvalue weighted by Crippen LogP contribution is -2.17. The summed E-state index contributed by atoms with van der Waals surface area (Å²) in [5.74, 6) is 0.970. The second-order valence-electron chi connectivity index (χ2n) is 5.06. The molecule has 0 atom stereocenters. The van der Waals surface area contributed by atoms with Crippen LogP contribution in [0.1, 0.15) is 10.4 Å². The lowest BCUT2D eigenvalue weighted by atomic mass is 10.1. The average molecular weight is 349 g/mol. The van der Waals surface area contributed by atoms with E-state index in [-0.39, 0.29) is 23.0 Å². The number of benzene rings is 2. The van der Waals surface area contributed by atoms with Crippen molar-refractivity contribution >= 4 is 28.8 Å². The molecule has 0 saturated carbocycles. The number of hydrogen-bond acceptors (Lipinski definition) is 6. The summed E-state index contributed by atoms with van der Waals surface area (Å²) in [5.41, 5.74) is 0.695. The Balaban J connectivity index is 1.69. The van der Waals surface area contributed by atoms with Crippen molar-refractivity contribution in [2.75, 3.05) is 25.1 Å². The maximum absolute atomic E-state index is 12.3. The van der Waals surface area contributed by atoms with Gasteiger partial charge in [0.15, 0.2) is 17.3 Å². The maximum Gasteiger partial charge on any atom is 0.289 e. The lowest BCUT2D eigenvalue weighted by molar-refractivity contribution is -0.384. The summed E-state index contributed by atoms with van der Waals surface area (Å²) >= 11 is 5.76. The van der Waals surface area contributed by atoms with Crippen LogP contribution >= 0.6 is 11.6 Å². The van der Waals surface area contributed by atoms with Gasteiger partial charge in [-0.05, 0) is 30.3 Å². The first-order chi connectivity index (χ1) is 11.5. The Morgan fingerprint density at radius 1 is 1.17 bits per heavy atom. The summed E-state index contributed by atoms with van der Waals surface area (Å²) in [4.78, 5) is 22.6. The first-order valence-corrected chi connectivity index (χ1v) is 7.53. The minimum Gasteiger partial charge on any atom is -0.486 e. The zero-order valence-corrected chi connectivity index (χ0v) is 13.2. The topological polar surface area (TPSA) is 90.7 Å². The molecule has 8 heteroatoms. The van der Waals surface area contributed by atoms with Crippen molar-refractivity contribution in [3.05, 3.63) is 57.1 Å². The monoisotopic (exact) mass is 348 g/mol. The number of Topliss-reactive ketones (excluding diaryl/α,β-unsaturated/α-hetero) is 1. The molecule has 1 aliphatic heterocycles. The van der Waals surface area contributed by atoms with Crippen LogP contribution in [0.4, 0.5) is 11.4 Å². The minimum atomic E-state index is -0.573. The van der Waals surface area contributed by atoms with Crippen LogP contribution in [0.2, 0.25) is 5.02 Å². The highest BCUT2D eigenvalue weighted by Crippen LogP contribution is 2.31. The molecule has 7 nitrogen and oxygen atoms in total. The molecule has 2 aromatic carbocycles. The molecule has 0 spiro atoms. The maximum atomic E-state index is 12.3. The van der Waals surface area contributed by atoms with Crippen LogP contribution < -0.4 is 14.8 Å². The summed E-state index contributed by atoms with van der Waals surface area (Å²) in [6.45, 7) is 0.910. The molecular weight excluding hydrogens is 336 g/mol. The first-order valence-electron chi connectivity index (χ1n) is 7.15. The zero-order chi connectivity index (χ0) is 17.1. The second kappa shape index (κ2) is 6.76. The summed E-state index contributed by atoms with van der Waals surface area (Å²) in [6, 6.07) is 9.25. The molecule has 0 fully saturated rings. The van der Waals surface area contributed by atoms with E-state index >= 15 is 0 Å². The second-order valence-corrected chi connectivity index (χ2v) is 5.47. The summed E-state index contributed by atoms with van der Waals surface area (Å²) in [5, 5.41) is 13.8. The van der Waals surface area contributed by atoms with E-state index < -0.39 is 4.92 Å². The first kappa shape index (κ1) is 16.1. The highest BCUT2D eigenvalue weighted by Gasteiger charge is 2.16. The number of anilines is 1. The molecule has 1 N–H and O–H groups in total. The van der Waals surface area contributed by atoms with Crippen molar-refractivity contribution in [1.82, 2.24) is 0 Å². The van der Waals surface area contributed by atoms with E-state index in [1.807, 2.05) is 0 Å². The van der Waals surface area contributed by atoms with Crippen molar-refractivity contribution in [3.63, 3.8) is 0 Å². The Bertz CT molecular complexity index is 809. The van der Waals surface area contributed by atoms with Gasteiger partial charge in [-0.1, -0.05) is 11.6 Å². The summed E-state index contributed by atoms with van der Waals surface area (Å²) in [7, 11) is 0. The van der Waals surface area contributed by atoms with Crippen molar-refractivity contribution in [3.8, 4) is 11.5 Å². The molecule has 24 heavy (non-hydrogen) atoms. The average Bonchev–Trinajstić information content (AvgIpc) is 2.60. The van der Waals surface area contributed by atoms with Crippen molar-refractivity contribution in [1.29, 1.82) is 0 Å². The van der Waals surface area contributed by atoms with Gasteiger partial charge in [0.05, 0.1) is 11.5 Å². The van der Waals surface area contributed by atoms with Gasteiger partial charge in [-0.15, -0.1) is 0 Å². The number of ether oxygens (including phenoxy) is 2. The Labute approximate surface area is 142 Å². The number of nitrogens with one attached hydrogen (secondary N) is 1. The number of carbonyl (C=O) groups is 1. The van der Waals surface area contributed by atoms with Crippen molar-refractivity contribution in [2.45, 2.75) is 0 Å². The van der Waals surface area contributed by atoms with Gasteiger partial charge < -0.3 is 14.8 Å². The van der Waals surface area contributed by atoms with E-state index in [2.05, 4.69) is 5.32 Å². The highest BCUT2D eigenvalue weighted by atomic mass is 35.5. The number of ketones is 1. The van der Waals surface area contributed by atoms with Gasteiger partial charge >= 0.3 is 0 Å². The van der Waals surface area contributed by atoms with Crippen LogP contribution in [-0.2, 0) is 0 Å². The molecule has 3 rings (SSSR count). The van der Waals surface area contributed by atoms with Crippen molar-refractivity contribution < 1.29 is 19.2 Å². The Morgan fingerprint density at radius 3 is 2.67 bits per heavy atom. The molecule has 124 valence electrons. The molecule has 0 saturated heterocycles. The molecule has 0 unspecified atom stereocenters. The number of hydrogen-bond donors (Lipinski definition) is 1. The fourth-order valence-electron chi connectivity index (χ4n) is 2.26. The van der Waals surface area contributed by atoms with Crippen LogP contribution in [0.5, 0.6) is 11.5 Å². The smallest absolute Gasteiger partial charge is 0.289 e. The van der Waals surface area contributed by atoms with Crippen LogP contribution in [0.3, 0.4) is 0 Å². The molecule has 2 aromatic rings. The number of rotatable bonds is 5. The number of nitro groups is 1. The third-order valence-electron chi connectivity index (χ3n) is 3.46. The van der Waals surface area contributed by atoms with Crippen molar-refractivity contribution in [2.24, 2.45) is 0 Å². The molecule has 1 heterocycles. The van der Waals surface area contributed by atoms with Gasteiger partial charge in [0.25, 0.3) is 5.69 Å². The number of halogens is 1. The fraction of sp³-hybridized carbons (Fsp3) is 0.188. The largest absolute Gasteiger partial charge is 0.486 e. The van der Waals surface area contributed by atoms with Gasteiger partial charge in [0, 0.05) is 17.3 Å². The van der Waals surface area contributed by atoms with Gasteiger partial charge in [-0.3, -0.25) is 14.9 Å². The molecule has 0 aliphatic carbocycles. The van der Waals surface area contributed by atoms with Crippen LogP contribution in [-0.4, -0.2) is 30.5 Å². The molecule has 0 aromatic heterocycles. The van der Waals surface area contributed by atoms with E-state index in [4.69, 9.17) is 21.1 Å². The van der Waals surface area contributed by atoms with Gasteiger partial charge in [-0.25, -0.2) is 0 Å². The normalized spacial score (nSPS) is 12.5. The fourth-order valence-corrected chi connectivity index (χ4v) is 2.45. The molecule has 0 bridgehead atoms.